The number of rotatable bonds is 3. The molecule has 0 atom stereocenters. The third-order valence-electron chi connectivity index (χ3n) is 2.26. The molecule has 2 nitrogen and oxygen atoms in total. The fraction of sp³-hybridized carbons (Fsp3) is 0.0833. The van der Waals surface area contributed by atoms with Gasteiger partial charge in [-0.2, -0.15) is 0 Å². The lowest BCUT2D eigenvalue weighted by Gasteiger charge is -2.08. The van der Waals surface area contributed by atoms with Gasteiger partial charge >= 0.3 is 0 Å². The van der Waals surface area contributed by atoms with Crippen LogP contribution in [0.5, 0.6) is 0 Å². The summed E-state index contributed by atoms with van der Waals surface area (Å²) in [6, 6.07) is 5.83. The van der Waals surface area contributed by atoms with E-state index in [0.29, 0.717) is 6.54 Å². The van der Waals surface area contributed by atoms with Crippen molar-refractivity contribution in [2.45, 2.75) is 6.54 Å². The molecule has 0 aliphatic heterocycles. The molecule has 18 heavy (non-hydrogen) atoms. The molecule has 0 fully saturated rings. The molecule has 0 saturated heterocycles. The average molecular weight is 378 g/mol. The maximum Gasteiger partial charge on any atom is 0.147 e. The summed E-state index contributed by atoms with van der Waals surface area (Å²) in [5, 5.41) is 2.80. The smallest absolute Gasteiger partial charge is 0.147 e. The van der Waals surface area contributed by atoms with E-state index in [4.69, 9.17) is 0 Å². The quantitative estimate of drug-likeness (QED) is 0.796. The highest BCUT2D eigenvalue weighted by Crippen LogP contribution is 2.23. The van der Waals surface area contributed by atoms with Crippen LogP contribution >= 0.6 is 31.9 Å². The summed E-state index contributed by atoms with van der Waals surface area (Å²) in [5.74, 6) is -1.02. The molecule has 2 aromatic rings. The van der Waals surface area contributed by atoms with Crippen LogP contribution in [0.15, 0.2) is 39.4 Å². The third kappa shape index (κ3) is 3.26. The van der Waals surface area contributed by atoms with E-state index >= 15 is 0 Å². The molecule has 0 spiro atoms. The Balaban J connectivity index is 2.10. The second-order valence-corrected chi connectivity index (χ2v) is 5.34. The minimum atomic E-state index is -0.514. The lowest BCUT2D eigenvalue weighted by Crippen LogP contribution is -2.03. The van der Waals surface area contributed by atoms with Crippen molar-refractivity contribution < 1.29 is 8.78 Å². The second-order valence-electron chi connectivity index (χ2n) is 3.57. The van der Waals surface area contributed by atoms with Crippen LogP contribution in [0.3, 0.4) is 0 Å². The molecular weight excluding hydrogens is 370 g/mol. The number of benzene rings is 1. The van der Waals surface area contributed by atoms with E-state index in [0.717, 1.165) is 22.3 Å². The van der Waals surface area contributed by atoms with Crippen molar-refractivity contribution in [3.8, 4) is 0 Å². The topological polar surface area (TPSA) is 24.9 Å². The number of hydrogen-bond donors (Lipinski definition) is 1. The van der Waals surface area contributed by atoms with Crippen LogP contribution in [0, 0.1) is 11.6 Å². The summed E-state index contributed by atoms with van der Waals surface area (Å²) in [5.41, 5.74) is 0.848. The predicted octanol–water partition coefficient (Wildman–Crippen LogP) is 4.50. The van der Waals surface area contributed by atoms with Gasteiger partial charge in [-0.15, -0.1) is 0 Å². The molecule has 94 valence electrons. The highest BCUT2D eigenvalue weighted by Gasteiger charge is 2.08. The van der Waals surface area contributed by atoms with Gasteiger partial charge in [-0.1, -0.05) is 0 Å². The van der Waals surface area contributed by atoms with Gasteiger partial charge in [0.2, 0.25) is 0 Å². The van der Waals surface area contributed by atoms with E-state index < -0.39 is 11.6 Å². The highest BCUT2D eigenvalue weighted by atomic mass is 79.9. The fourth-order valence-corrected chi connectivity index (χ4v) is 1.90. The molecule has 2 rings (SSSR count). The van der Waals surface area contributed by atoms with Gasteiger partial charge in [0.05, 0.1) is 22.4 Å². The molecule has 0 aliphatic rings. The van der Waals surface area contributed by atoms with Crippen LogP contribution < -0.4 is 5.32 Å². The van der Waals surface area contributed by atoms with Crippen molar-refractivity contribution in [1.82, 2.24) is 4.98 Å². The van der Waals surface area contributed by atoms with Crippen LogP contribution in [0.1, 0.15) is 5.69 Å². The summed E-state index contributed by atoms with van der Waals surface area (Å²) in [7, 11) is 0. The number of halogens is 4. The molecule has 0 amide bonds. The number of aromatic nitrogens is 1. The lowest BCUT2D eigenvalue weighted by molar-refractivity contribution is 0.596. The first-order chi connectivity index (χ1) is 8.56. The summed E-state index contributed by atoms with van der Waals surface area (Å²) in [6.07, 6.45) is 1.65. The summed E-state index contributed by atoms with van der Waals surface area (Å²) in [4.78, 5) is 4.13. The van der Waals surface area contributed by atoms with E-state index in [1.165, 1.54) is 0 Å². The molecule has 1 N–H and O–H groups in total. The van der Waals surface area contributed by atoms with Gasteiger partial charge in [-0.25, -0.2) is 8.78 Å². The van der Waals surface area contributed by atoms with Crippen molar-refractivity contribution in [2.75, 3.05) is 5.32 Å². The van der Waals surface area contributed by atoms with Crippen LogP contribution in [0.25, 0.3) is 0 Å². The molecule has 0 aliphatic carbocycles. The molecule has 0 radical (unpaired) electrons. The van der Waals surface area contributed by atoms with Crippen molar-refractivity contribution in [3.63, 3.8) is 0 Å². The van der Waals surface area contributed by atoms with Gasteiger partial charge in [0, 0.05) is 16.7 Å². The van der Waals surface area contributed by atoms with Crippen LogP contribution in [-0.4, -0.2) is 4.98 Å². The Morgan fingerprint density at radius 2 is 1.89 bits per heavy atom. The molecule has 6 heteroatoms. The van der Waals surface area contributed by atoms with Gasteiger partial charge < -0.3 is 5.32 Å². The van der Waals surface area contributed by atoms with E-state index in [9.17, 15) is 8.78 Å². The Bertz CT molecular complexity index is 559. The molecule has 1 heterocycles. The second kappa shape index (κ2) is 5.75. The standard InChI is InChI=1S/C12H8Br2F2N2/c13-7-1-2-8(17-5-7)6-18-12-4-10(15)9(14)3-11(12)16/h1-5,18H,6H2. The highest BCUT2D eigenvalue weighted by molar-refractivity contribution is 9.10. The number of nitrogens with one attached hydrogen (secondary N) is 1. The first-order valence-electron chi connectivity index (χ1n) is 5.05. The Morgan fingerprint density at radius 1 is 1.11 bits per heavy atom. The monoisotopic (exact) mass is 376 g/mol. The Kier molecular flexibility index (Phi) is 4.29. The van der Waals surface area contributed by atoms with Gasteiger partial charge in [0.15, 0.2) is 0 Å². The molecule has 0 unspecified atom stereocenters. The molecular formula is C12H8Br2F2N2. The van der Waals surface area contributed by atoms with E-state index in [2.05, 4.69) is 42.2 Å². The minimum absolute atomic E-state index is 0.104. The Labute approximate surface area is 120 Å². The summed E-state index contributed by atoms with van der Waals surface area (Å²) < 4.78 is 27.7. The summed E-state index contributed by atoms with van der Waals surface area (Å²) >= 11 is 6.20. The van der Waals surface area contributed by atoms with E-state index in [1.807, 2.05) is 6.07 Å². The zero-order valence-corrected chi connectivity index (χ0v) is 12.2. The fourth-order valence-electron chi connectivity index (χ4n) is 1.35. The number of anilines is 1. The largest absolute Gasteiger partial charge is 0.377 e. The Hall–Kier alpha value is -1.01. The normalized spacial score (nSPS) is 10.4. The SMILES string of the molecule is Fc1cc(NCc2ccc(Br)cn2)c(F)cc1Br. The zero-order chi connectivity index (χ0) is 13.1. The van der Waals surface area contributed by atoms with Crippen molar-refractivity contribution in [3.05, 3.63) is 56.7 Å². The molecule has 0 bridgehead atoms. The third-order valence-corrected chi connectivity index (χ3v) is 3.34. The summed E-state index contributed by atoms with van der Waals surface area (Å²) in [6.45, 7) is 0.325. The van der Waals surface area contributed by atoms with Crippen LogP contribution in [-0.2, 0) is 6.54 Å². The van der Waals surface area contributed by atoms with Crippen molar-refractivity contribution >= 4 is 37.5 Å². The van der Waals surface area contributed by atoms with Gasteiger partial charge in [-0.05, 0) is 50.1 Å². The predicted molar refractivity (Wildman–Crippen MR) is 73.3 cm³/mol. The lowest BCUT2D eigenvalue weighted by atomic mass is 10.3. The number of hydrogen-bond acceptors (Lipinski definition) is 2. The number of pyridine rings is 1. The molecule has 1 aromatic heterocycles. The van der Waals surface area contributed by atoms with E-state index in [1.54, 1.807) is 12.3 Å². The van der Waals surface area contributed by atoms with Gasteiger partial charge in [-0.3, -0.25) is 4.98 Å². The average Bonchev–Trinajstić information content (AvgIpc) is 2.34. The maximum absolute atomic E-state index is 13.5. The first kappa shape index (κ1) is 13.4. The maximum atomic E-state index is 13.5. The van der Waals surface area contributed by atoms with Crippen LogP contribution in [0.2, 0.25) is 0 Å². The van der Waals surface area contributed by atoms with Gasteiger partial charge in [0.25, 0.3) is 0 Å². The molecule has 0 saturated carbocycles. The van der Waals surface area contributed by atoms with Crippen LogP contribution in [0.4, 0.5) is 14.5 Å². The number of nitrogens with zero attached hydrogens (tertiary/aromatic N) is 1. The first-order valence-corrected chi connectivity index (χ1v) is 6.63. The van der Waals surface area contributed by atoms with Gasteiger partial charge in [0.1, 0.15) is 11.6 Å². The minimum Gasteiger partial charge on any atom is -0.377 e. The van der Waals surface area contributed by atoms with Crippen molar-refractivity contribution in [2.24, 2.45) is 0 Å². The zero-order valence-electron chi connectivity index (χ0n) is 9.05. The van der Waals surface area contributed by atoms with E-state index in [-0.39, 0.29) is 10.2 Å². The Morgan fingerprint density at radius 3 is 2.56 bits per heavy atom. The van der Waals surface area contributed by atoms with Crippen molar-refractivity contribution in [1.29, 1.82) is 0 Å². The molecule has 1 aromatic carbocycles.